The highest BCUT2D eigenvalue weighted by Crippen LogP contribution is 2.33. The van der Waals surface area contributed by atoms with E-state index in [2.05, 4.69) is 64.3 Å². The minimum absolute atomic E-state index is 0.0921. The van der Waals surface area contributed by atoms with E-state index in [1.54, 1.807) is 54.9 Å². The first-order chi connectivity index (χ1) is 32.5. The smallest absolute Gasteiger partial charge is 0.411 e. The van der Waals surface area contributed by atoms with Gasteiger partial charge in [0.2, 0.25) is 0 Å². The maximum absolute atomic E-state index is 12.9. The number of likely N-dealkylation sites (tertiary alicyclic amines) is 1. The van der Waals surface area contributed by atoms with E-state index in [-0.39, 0.29) is 30.4 Å². The first-order valence-corrected chi connectivity index (χ1v) is 22.2. The molecule has 0 saturated carbocycles. The zero-order valence-electron chi connectivity index (χ0n) is 37.9. The standard InChI is InChI=1S/C27H30N6O4.C21H21N7O2/c1-27(2,3)37-26(35)32-15-19(6-8-23(32)25(34)36-4)22-16-33(31-30-22)20-7-5-18-14-29-24(21(18)13-20)17-9-11-28-12-10-17;1-30-21(29)18-4-2-14(11-23-18)19-12-28(27-25-19)15-3-5-17-16(10-15)20(26-24-17)13-6-8-22-9-7-13/h5,7,9-13,16,19,23H,6,8,14-15H2,1-4H3;3,5-10,12,14,18,23H,2,4,11H2,1H3,(H,24,26)/t19-,23+;14-,18+/m11/s1. The fourth-order valence-electron chi connectivity index (χ4n) is 8.69. The van der Waals surface area contributed by atoms with Gasteiger partial charge < -0.3 is 19.5 Å². The molecule has 2 fully saturated rings. The first-order valence-electron chi connectivity index (χ1n) is 22.2. The molecule has 344 valence electrons. The highest BCUT2D eigenvalue weighted by atomic mass is 16.6. The molecular formula is C48H51N13O6. The summed E-state index contributed by atoms with van der Waals surface area (Å²) in [6.45, 7) is 6.99. The fourth-order valence-corrected chi connectivity index (χ4v) is 8.69. The van der Waals surface area contributed by atoms with Crippen LogP contribution >= 0.6 is 0 Å². The lowest BCUT2D eigenvalue weighted by Crippen LogP contribution is -2.52. The van der Waals surface area contributed by atoms with Gasteiger partial charge in [-0.2, -0.15) is 5.10 Å². The fraction of sp³-hybridized carbons (Fsp3) is 0.354. The summed E-state index contributed by atoms with van der Waals surface area (Å²) < 4.78 is 18.9. The van der Waals surface area contributed by atoms with Gasteiger partial charge in [0.25, 0.3) is 0 Å². The van der Waals surface area contributed by atoms with Crippen LogP contribution in [0.1, 0.15) is 86.4 Å². The summed E-state index contributed by atoms with van der Waals surface area (Å²) in [4.78, 5) is 51.4. The Bertz CT molecular complexity index is 2920. The van der Waals surface area contributed by atoms with Gasteiger partial charge in [-0.25, -0.2) is 19.0 Å². The number of hydrogen-bond donors (Lipinski definition) is 2. The Balaban J connectivity index is 0.000000171. The van der Waals surface area contributed by atoms with Crippen LogP contribution in [0.4, 0.5) is 4.79 Å². The molecule has 67 heavy (non-hydrogen) atoms. The molecule has 1 amide bonds. The number of aliphatic imine (C=N–C) groups is 1. The number of H-pyrrole nitrogens is 1. The summed E-state index contributed by atoms with van der Waals surface area (Å²) in [6.07, 6.45) is 13.0. The Hall–Kier alpha value is -7.67. The number of esters is 2. The quantitative estimate of drug-likeness (QED) is 0.134. The van der Waals surface area contributed by atoms with E-state index in [0.29, 0.717) is 25.9 Å². The summed E-state index contributed by atoms with van der Waals surface area (Å²) >= 11 is 0. The highest BCUT2D eigenvalue weighted by molar-refractivity contribution is 6.15. The lowest BCUT2D eigenvalue weighted by Gasteiger charge is -2.38. The first kappa shape index (κ1) is 44.5. The third-order valence-electron chi connectivity index (χ3n) is 12.2. The molecular weight excluding hydrogens is 855 g/mol. The molecule has 0 unspecified atom stereocenters. The van der Waals surface area contributed by atoms with Crippen LogP contribution in [0.3, 0.4) is 0 Å². The molecule has 2 saturated heterocycles. The Morgan fingerprint density at radius 1 is 0.731 bits per heavy atom. The van der Waals surface area contributed by atoms with Gasteiger partial charge in [0.15, 0.2) is 0 Å². The number of ether oxygens (including phenoxy) is 3. The van der Waals surface area contributed by atoms with Crippen molar-refractivity contribution in [2.24, 2.45) is 4.99 Å². The molecule has 10 rings (SSSR count). The van der Waals surface area contributed by atoms with Gasteiger partial charge in [0.1, 0.15) is 23.4 Å². The number of rotatable bonds is 8. The molecule has 5 aromatic heterocycles. The molecule has 2 N–H and O–H groups in total. The average molecular weight is 906 g/mol. The van der Waals surface area contributed by atoms with E-state index in [4.69, 9.17) is 19.2 Å². The molecule has 0 bridgehead atoms. The number of piperidine rings is 2. The summed E-state index contributed by atoms with van der Waals surface area (Å²) in [5, 5.41) is 29.3. The molecule has 3 aliphatic rings. The van der Waals surface area contributed by atoms with Gasteiger partial charge in [0.05, 0.1) is 67.1 Å². The number of carbonyl (C=O) groups excluding carboxylic acids is 3. The molecule has 0 aliphatic carbocycles. The van der Waals surface area contributed by atoms with Crippen LogP contribution in [0.5, 0.6) is 0 Å². The van der Waals surface area contributed by atoms with Crippen molar-refractivity contribution in [2.45, 2.75) is 82.5 Å². The second-order valence-corrected chi connectivity index (χ2v) is 17.7. The summed E-state index contributed by atoms with van der Waals surface area (Å²) in [6, 6.07) is 19.0. The number of nitrogens with one attached hydrogen (secondary N) is 2. The van der Waals surface area contributed by atoms with Crippen molar-refractivity contribution in [1.82, 2.24) is 60.4 Å². The molecule has 3 aliphatic heterocycles. The number of benzene rings is 2. The van der Waals surface area contributed by atoms with E-state index >= 15 is 0 Å². The SMILES string of the molecule is COC(=O)[C@@H]1CC[C@@H](c2cn(-c3ccc4[nH]nc(-c5ccncc5)c4c3)nn2)CN1.COC(=O)[C@@H]1CC[C@@H](c2cn(-c3ccc4c(c3)C(c3ccncc3)=NC4)nn2)CN1C(=O)OC(C)(C)C. The van der Waals surface area contributed by atoms with E-state index in [1.165, 1.54) is 19.1 Å². The Labute approximate surface area is 386 Å². The minimum atomic E-state index is -0.686. The minimum Gasteiger partial charge on any atom is -0.468 e. The normalized spacial score (nSPS) is 19.2. The van der Waals surface area contributed by atoms with Crippen LogP contribution in [-0.4, -0.2) is 124 Å². The molecule has 0 radical (unpaired) electrons. The lowest BCUT2D eigenvalue weighted by molar-refractivity contribution is -0.148. The van der Waals surface area contributed by atoms with Gasteiger partial charge in [-0.15, -0.1) is 10.2 Å². The number of aromatic amines is 1. The van der Waals surface area contributed by atoms with Crippen molar-refractivity contribution in [2.75, 3.05) is 27.3 Å². The van der Waals surface area contributed by atoms with Crippen LogP contribution in [-0.2, 0) is 30.3 Å². The van der Waals surface area contributed by atoms with Gasteiger partial charge >= 0.3 is 18.0 Å². The van der Waals surface area contributed by atoms with E-state index < -0.39 is 23.7 Å². The molecule has 4 atom stereocenters. The van der Waals surface area contributed by atoms with Gasteiger partial charge in [-0.1, -0.05) is 16.5 Å². The second-order valence-electron chi connectivity index (χ2n) is 17.7. The highest BCUT2D eigenvalue weighted by Gasteiger charge is 2.40. The maximum atomic E-state index is 12.9. The number of fused-ring (bicyclic) bond motifs is 2. The molecule has 2 aromatic carbocycles. The predicted octanol–water partition coefficient (Wildman–Crippen LogP) is 5.88. The summed E-state index contributed by atoms with van der Waals surface area (Å²) in [7, 11) is 2.74. The number of hydrogen-bond acceptors (Lipinski definition) is 15. The van der Waals surface area contributed by atoms with Crippen molar-refractivity contribution < 1.29 is 28.6 Å². The largest absolute Gasteiger partial charge is 0.468 e. The lowest BCUT2D eigenvalue weighted by atomic mass is 9.91. The number of pyridine rings is 2. The van der Waals surface area contributed by atoms with E-state index in [9.17, 15) is 14.4 Å². The van der Waals surface area contributed by atoms with Crippen molar-refractivity contribution >= 4 is 34.6 Å². The van der Waals surface area contributed by atoms with Gasteiger partial charge in [0, 0.05) is 71.8 Å². The van der Waals surface area contributed by atoms with Crippen molar-refractivity contribution in [1.29, 1.82) is 0 Å². The van der Waals surface area contributed by atoms with Crippen LogP contribution in [0.25, 0.3) is 33.5 Å². The topological polar surface area (TPSA) is 222 Å². The van der Waals surface area contributed by atoms with E-state index in [1.807, 2.05) is 54.9 Å². The molecule has 7 aromatic rings. The monoisotopic (exact) mass is 905 g/mol. The number of aromatic nitrogens is 10. The maximum Gasteiger partial charge on any atom is 0.411 e. The molecule has 0 spiro atoms. The second kappa shape index (κ2) is 19.0. The van der Waals surface area contributed by atoms with Crippen molar-refractivity contribution in [3.63, 3.8) is 0 Å². The number of methoxy groups -OCH3 is 2. The zero-order valence-corrected chi connectivity index (χ0v) is 37.9. The number of nitrogens with zero attached hydrogens (tertiary/aromatic N) is 11. The van der Waals surface area contributed by atoms with Crippen LogP contribution in [0.2, 0.25) is 0 Å². The van der Waals surface area contributed by atoms with Gasteiger partial charge in [-0.3, -0.25) is 29.8 Å². The molecule has 19 nitrogen and oxygen atoms in total. The Morgan fingerprint density at radius 2 is 1.37 bits per heavy atom. The van der Waals surface area contributed by atoms with Crippen LogP contribution in [0, 0.1) is 0 Å². The van der Waals surface area contributed by atoms with Crippen LogP contribution < -0.4 is 5.32 Å². The average Bonchev–Trinajstić information content (AvgIpc) is 4.20. The third-order valence-corrected chi connectivity index (χ3v) is 12.2. The predicted molar refractivity (Wildman–Crippen MR) is 246 cm³/mol. The summed E-state index contributed by atoms with van der Waals surface area (Å²) in [5.74, 6) is -0.538. The summed E-state index contributed by atoms with van der Waals surface area (Å²) in [5.41, 5.74) is 9.77. The number of amides is 1. The van der Waals surface area contributed by atoms with E-state index in [0.717, 1.165) is 80.2 Å². The van der Waals surface area contributed by atoms with Crippen molar-refractivity contribution in [3.05, 3.63) is 126 Å². The number of carbonyl (C=O) groups is 3. The van der Waals surface area contributed by atoms with Crippen LogP contribution in [0.15, 0.2) is 103 Å². The molecule has 8 heterocycles. The zero-order chi connectivity index (χ0) is 46.7. The Kier molecular flexibility index (Phi) is 12.7. The third kappa shape index (κ3) is 9.67. The Morgan fingerprint density at radius 3 is 2.03 bits per heavy atom. The van der Waals surface area contributed by atoms with Gasteiger partial charge in [-0.05, 0) is 107 Å². The van der Waals surface area contributed by atoms with Crippen molar-refractivity contribution in [3.8, 4) is 22.6 Å². The molecule has 19 heteroatoms.